The predicted octanol–water partition coefficient (Wildman–Crippen LogP) is 1.90. The van der Waals surface area contributed by atoms with Crippen molar-refractivity contribution in [2.75, 3.05) is 31.1 Å². The fourth-order valence-corrected chi connectivity index (χ4v) is 4.91. The van der Waals surface area contributed by atoms with E-state index < -0.39 is 0 Å². The van der Waals surface area contributed by atoms with Gasteiger partial charge < -0.3 is 14.4 Å². The Bertz CT molecular complexity index is 797. The van der Waals surface area contributed by atoms with Gasteiger partial charge in [0.2, 0.25) is 5.95 Å². The molecule has 1 N–H and O–H groups in total. The number of hydrogen-bond acceptors (Lipinski definition) is 4. The van der Waals surface area contributed by atoms with E-state index in [1.807, 2.05) is 18.5 Å². The predicted molar refractivity (Wildman–Crippen MR) is 105 cm³/mol. The molecular formula is C19H29N6S+. The van der Waals surface area contributed by atoms with Crippen molar-refractivity contribution >= 4 is 18.2 Å². The van der Waals surface area contributed by atoms with Crippen LogP contribution in [0.25, 0.3) is 0 Å². The summed E-state index contributed by atoms with van der Waals surface area (Å²) in [6.45, 7) is 9.60. The van der Waals surface area contributed by atoms with Crippen molar-refractivity contribution in [2.24, 2.45) is 0 Å². The molecule has 26 heavy (non-hydrogen) atoms. The molecule has 3 heterocycles. The topological polar surface area (TPSA) is 43.3 Å². The van der Waals surface area contributed by atoms with Gasteiger partial charge in [0.1, 0.15) is 0 Å². The second-order valence-corrected chi connectivity index (χ2v) is 8.00. The number of rotatable bonds is 4. The number of hydrogen-bond donors (Lipinski definition) is 1. The Labute approximate surface area is 160 Å². The number of imidazole rings is 1. The highest BCUT2D eigenvalue weighted by Gasteiger charge is 2.26. The van der Waals surface area contributed by atoms with E-state index in [4.69, 9.17) is 12.2 Å². The van der Waals surface area contributed by atoms with Gasteiger partial charge in [-0.25, -0.2) is 9.97 Å². The van der Waals surface area contributed by atoms with Crippen LogP contribution in [0.1, 0.15) is 43.1 Å². The van der Waals surface area contributed by atoms with E-state index in [9.17, 15) is 0 Å². The molecule has 1 aliphatic heterocycles. The molecule has 2 fully saturated rings. The van der Waals surface area contributed by atoms with Crippen LogP contribution in [0.5, 0.6) is 0 Å². The Kier molecular flexibility index (Phi) is 5.09. The molecule has 1 saturated heterocycles. The van der Waals surface area contributed by atoms with Crippen LogP contribution in [0.3, 0.4) is 0 Å². The number of nitrogens with zero attached hydrogens (tertiary/aromatic N) is 5. The zero-order valence-corrected chi connectivity index (χ0v) is 16.6. The van der Waals surface area contributed by atoms with Crippen LogP contribution in [0.15, 0.2) is 18.5 Å². The summed E-state index contributed by atoms with van der Waals surface area (Å²) in [7, 11) is 0. The molecule has 0 aromatic carbocycles. The molecule has 0 unspecified atom stereocenters. The maximum atomic E-state index is 5.89. The van der Waals surface area contributed by atoms with Gasteiger partial charge in [-0.2, -0.15) is 0 Å². The maximum absolute atomic E-state index is 5.89. The Hall–Kier alpha value is -1.73. The summed E-state index contributed by atoms with van der Waals surface area (Å²) in [6, 6.07) is 2.48. The summed E-state index contributed by atoms with van der Waals surface area (Å²) in [5.41, 5.74) is 2.70. The van der Waals surface area contributed by atoms with Gasteiger partial charge in [0.25, 0.3) is 0 Å². The molecule has 0 radical (unpaired) electrons. The molecule has 0 bridgehead atoms. The highest BCUT2D eigenvalue weighted by atomic mass is 32.1. The average Bonchev–Trinajstić information content (AvgIpc) is 3.27. The second-order valence-electron chi connectivity index (χ2n) is 7.63. The number of quaternary nitrogens is 1. The Morgan fingerprint density at radius 3 is 2.38 bits per heavy atom. The third kappa shape index (κ3) is 3.30. The zero-order chi connectivity index (χ0) is 18.1. The summed E-state index contributed by atoms with van der Waals surface area (Å²) in [6.07, 6.45) is 8.87. The lowest BCUT2D eigenvalue weighted by atomic mass is 10.2. The van der Waals surface area contributed by atoms with Crippen molar-refractivity contribution in [1.29, 1.82) is 0 Å². The highest BCUT2D eigenvalue weighted by Crippen LogP contribution is 2.32. The van der Waals surface area contributed by atoms with Crippen LogP contribution in [0, 0.1) is 18.6 Å². The van der Waals surface area contributed by atoms with Gasteiger partial charge in [-0.3, -0.25) is 4.57 Å². The van der Waals surface area contributed by atoms with Crippen LogP contribution in [0.4, 0.5) is 5.95 Å². The van der Waals surface area contributed by atoms with E-state index >= 15 is 0 Å². The molecule has 2 aromatic rings. The minimum absolute atomic E-state index is 0.615. The molecule has 0 spiro atoms. The third-order valence-electron chi connectivity index (χ3n) is 6.10. The average molecular weight is 374 g/mol. The van der Waals surface area contributed by atoms with Gasteiger partial charge in [-0.1, -0.05) is 12.8 Å². The monoisotopic (exact) mass is 373 g/mol. The van der Waals surface area contributed by atoms with Gasteiger partial charge in [-0.15, -0.1) is 0 Å². The molecule has 7 heteroatoms. The van der Waals surface area contributed by atoms with Gasteiger partial charge in [-0.05, 0) is 45.0 Å². The molecule has 0 amide bonds. The molecule has 4 rings (SSSR count). The Morgan fingerprint density at radius 2 is 1.73 bits per heavy atom. The summed E-state index contributed by atoms with van der Waals surface area (Å²) < 4.78 is 5.83. The standard InChI is InChI=1S/C19H28N6S/c1-15-16(2)25(17-6-3-4-7-17)19(26)24(15)14-22-10-12-23(13-11-22)18-20-8-5-9-21-18/h5,8-9,17H,3-4,6-7,10-14H2,1-2H3/p+1. The molecule has 140 valence electrons. The fraction of sp³-hybridized carbons (Fsp3) is 0.632. The van der Waals surface area contributed by atoms with Gasteiger partial charge in [0.15, 0.2) is 11.4 Å². The first-order valence-electron chi connectivity index (χ1n) is 9.79. The number of anilines is 1. The van der Waals surface area contributed by atoms with E-state index in [-0.39, 0.29) is 0 Å². The molecule has 1 saturated carbocycles. The van der Waals surface area contributed by atoms with Crippen LogP contribution < -0.4 is 9.80 Å². The molecule has 2 aromatic heterocycles. The van der Waals surface area contributed by atoms with Crippen molar-refractivity contribution in [3.63, 3.8) is 0 Å². The first kappa shape index (κ1) is 17.7. The summed E-state index contributed by atoms with van der Waals surface area (Å²) in [5.74, 6) is 0.850. The van der Waals surface area contributed by atoms with Crippen LogP contribution >= 0.6 is 12.2 Å². The number of nitrogens with one attached hydrogen (secondary N) is 1. The Morgan fingerprint density at radius 1 is 1.08 bits per heavy atom. The summed E-state index contributed by atoms with van der Waals surface area (Å²) >= 11 is 5.89. The lowest BCUT2D eigenvalue weighted by molar-refractivity contribution is -0.923. The fourth-order valence-electron chi connectivity index (χ4n) is 4.42. The highest BCUT2D eigenvalue weighted by molar-refractivity contribution is 7.71. The lowest BCUT2D eigenvalue weighted by Crippen LogP contribution is -3.14. The largest absolute Gasteiger partial charge is 0.330 e. The molecule has 1 aliphatic carbocycles. The van der Waals surface area contributed by atoms with Crippen molar-refractivity contribution in [1.82, 2.24) is 19.1 Å². The van der Waals surface area contributed by atoms with Crippen LogP contribution in [0.2, 0.25) is 0 Å². The first-order valence-corrected chi connectivity index (χ1v) is 10.2. The molecular weight excluding hydrogens is 344 g/mol. The zero-order valence-electron chi connectivity index (χ0n) is 15.8. The molecule has 2 aliphatic rings. The van der Waals surface area contributed by atoms with E-state index in [1.165, 1.54) is 37.1 Å². The quantitative estimate of drug-likeness (QED) is 0.832. The second kappa shape index (κ2) is 7.48. The minimum atomic E-state index is 0.615. The maximum Gasteiger partial charge on any atom is 0.225 e. The SMILES string of the molecule is Cc1c(C)n(C2CCCC2)c(=S)n1C[NH+]1CCN(c2ncccn2)CC1. The lowest BCUT2D eigenvalue weighted by Gasteiger charge is -2.32. The van der Waals surface area contributed by atoms with E-state index in [0.717, 1.165) is 43.6 Å². The first-order chi connectivity index (χ1) is 12.6. The Balaban J connectivity index is 1.45. The van der Waals surface area contributed by atoms with E-state index in [1.54, 1.807) is 4.90 Å². The number of aromatic nitrogens is 4. The van der Waals surface area contributed by atoms with Gasteiger partial charge >= 0.3 is 0 Å². The summed E-state index contributed by atoms with van der Waals surface area (Å²) in [5, 5.41) is 0. The van der Waals surface area contributed by atoms with Crippen LogP contribution in [-0.4, -0.2) is 45.3 Å². The van der Waals surface area contributed by atoms with Crippen LogP contribution in [-0.2, 0) is 6.67 Å². The normalized spacial score (nSPS) is 19.4. The van der Waals surface area contributed by atoms with Crippen molar-refractivity contribution in [2.45, 2.75) is 52.2 Å². The van der Waals surface area contributed by atoms with Crippen molar-refractivity contribution in [3.8, 4) is 0 Å². The molecule has 0 atom stereocenters. The van der Waals surface area contributed by atoms with E-state index in [2.05, 4.69) is 37.8 Å². The smallest absolute Gasteiger partial charge is 0.225 e. The van der Waals surface area contributed by atoms with Crippen molar-refractivity contribution in [3.05, 3.63) is 34.6 Å². The van der Waals surface area contributed by atoms with Crippen molar-refractivity contribution < 1.29 is 4.90 Å². The molecule has 6 nitrogen and oxygen atoms in total. The summed E-state index contributed by atoms with van der Waals surface area (Å²) in [4.78, 5) is 12.6. The van der Waals surface area contributed by atoms with Gasteiger partial charge in [0, 0.05) is 29.8 Å². The number of piperazine rings is 1. The minimum Gasteiger partial charge on any atom is -0.330 e. The third-order valence-corrected chi connectivity index (χ3v) is 6.52. The van der Waals surface area contributed by atoms with Gasteiger partial charge in [0.05, 0.1) is 26.2 Å². The van der Waals surface area contributed by atoms with E-state index in [0.29, 0.717) is 6.04 Å².